The molecule has 0 aliphatic rings. The molecule has 0 bridgehead atoms. The van der Waals surface area contributed by atoms with Crippen molar-refractivity contribution in [3.8, 4) is 5.75 Å². The number of hydrogen-bond donors (Lipinski definition) is 2. The summed E-state index contributed by atoms with van der Waals surface area (Å²) in [5, 5.41) is 0. The maximum atomic E-state index is 12.3. The van der Waals surface area contributed by atoms with Crippen molar-refractivity contribution in [3.05, 3.63) is 48.5 Å². The third-order valence-electron chi connectivity index (χ3n) is 2.67. The monoisotopic (exact) mass is 306 g/mol. The Morgan fingerprint density at radius 2 is 1.76 bits per heavy atom. The van der Waals surface area contributed by atoms with Crippen LogP contribution in [0.4, 0.5) is 11.4 Å². The number of nitrogens with two attached hydrogens (primary N) is 1. The first kappa shape index (κ1) is 15.2. The normalized spacial score (nSPS) is 11.4. The van der Waals surface area contributed by atoms with Gasteiger partial charge in [-0.05, 0) is 38.1 Å². The first-order valence-electron chi connectivity index (χ1n) is 6.52. The van der Waals surface area contributed by atoms with E-state index in [0.717, 1.165) is 0 Å². The second-order valence-electron chi connectivity index (χ2n) is 4.84. The van der Waals surface area contributed by atoms with E-state index in [-0.39, 0.29) is 11.0 Å². The molecular weight excluding hydrogens is 288 g/mol. The van der Waals surface area contributed by atoms with Crippen LogP contribution in [0.2, 0.25) is 0 Å². The molecule has 0 aliphatic heterocycles. The number of benzene rings is 2. The Kier molecular flexibility index (Phi) is 4.37. The molecule has 21 heavy (non-hydrogen) atoms. The van der Waals surface area contributed by atoms with Crippen molar-refractivity contribution in [1.82, 2.24) is 0 Å². The summed E-state index contributed by atoms with van der Waals surface area (Å²) >= 11 is 0. The van der Waals surface area contributed by atoms with Gasteiger partial charge in [-0.15, -0.1) is 0 Å². The SMILES string of the molecule is CC(C)Oc1cc(N)ccc1NS(=O)(=O)c1ccccc1. The van der Waals surface area contributed by atoms with Crippen molar-refractivity contribution < 1.29 is 13.2 Å². The van der Waals surface area contributed by atoms with E-state index in [0.29, 0.717) is 17.1 Å². The van der Waals surface area contributed by atoms with E-state index in [4.69, 9.17) is 10.5 Å². The minimum absolute atomic E-state index is 0.0909. The lowest BCUT2D eigenvalue weighted by Gasteiger charge is -2.16. The predicted molar refractivity (Wildman–Crippen MR) is 83.9 cm³/mol. The average Bonchev–Trinajstić information content (AvgIpc) is 2.42. The van der Waals surface area contributed by atoms with E-state index < -0.39 is 10.0 Å². The van der Waals surface area contributed by atoms with Crippen LogP contribution >= 0.6 is 0 Å². The van der Waals surface area contributed by atoms with Crippen LogP contribution in [0.5, 0.6) is 5.75 Å². The summed E-state index contributed by atoms with van der Waals surface area (Å²) in [4.78, 5) is 0.192. The number of sulfonamides is 1. The number of rotatable bonds is 5. The zero-order valence-electron chi connectivity index (χ0n) is 11.9. The van der Waals surface area contributed by atoms with Gasteiger partial charge >= 0.3 is 0 Å². The van der Waals surface area contributed by atoms with Crippen LogP contribution in [0.1, 0.15) is 13.8 Å². The molecule has 0 unspecified atom stereocenters. The topological polar surface area (TPSA) is 81.4 Å². The lowest BCUT2D eigenvalue weighted by Crippen LogP contribution is -2.15. The van der Waals surface area contributed by atoms with Gasteiger partial charge in [0.05, 0.1) is 16.7 Å². The third-order valence-corrected chi connectivity index (χ3v) is 4.05. The summed E-state index contributed by atoms with van der Waals surface area (Å²) < 4.78 is 32.8. The van der Waals surface area contributed by atoms with E-state index >= 15 is 0 Å². The largest absolute Gasteiger partial charge is 0.489 e. The van der Waals surface area contributed by atoms with Crippen LogP contribution in [0.3, 0.4) is 0 Å². The number of nitrogens with one attached hydrogen (secondary N) is 1. The van der Waals surface area contributed by atoms with Gasteiger partial charge in [0.2, 0.25) is 0 Å². The van der Waals surface area contributed by atoms with Crippen molar-refractivity contribution in [3.63, 3.8) is 0 Å². The van der Waals surface area contributed by atoms with Crippen LogP contribution in [-0.2, 0) is 10.0 Å². The lowest BCUT2D eigenvalue weighted by molar-refractivity contribution is 0.244. The second-order valence-corrected chi connectivity index (χ2v) is 6.52. The molecule has 5 nitrogen and oxygen atoms in total. The predicted octanol–water partition coefficient (Wildman–Crippen LogP) is 2.86. The molecular formula is C15H18N2O3S. The van der Waals surface area contributed by atoms with Crippen molar-refractivity contribution in [1.29, 1.82) is 0 Å². The van der Waals surface area contributed by atoms with Crippen LogP contribution in [0, 0.1) is 0 Å². The van der Waals surface area contributed by atoms with Crippen LogP contribution in [0.15, 0.2) is 53.4 Å². The fraction of sp³-hybridized carbons (Fsp3) is 0.200. The Labute approximate surface area is 124 Å². The van der Waals surface area contributed by atoms with Gasteiger partial charge in [0.15, 0.2) is 0 Å². The summed E-state index contributed by atoms with van der Waals surface area (Å²) in [6.07, 6.45) is -0.0909. The van der Waals surface area contributed by atoms with Crippen LogP contribution in [-0.4, -0.2) is 14.5 Å². The third kappa shape index (κ3) is 3.88. The molecule has 112 valence electrons. The minimum atomic E-state index is -3.66. The van der Waals surface area contributed by atoms with Gasteiger partial charge in [0.1, 0.15) is 5.75 Å². The molecule has 2 rings (SSSR count). The van der Waals surface area contributed by atoms with Crippen molar-refractivity contribution in [2.24, 2.45) is 0 Å². The first-order chi connectivity index (χ1) is 9.88. The fourth-order valence-corrected chi connectivity index (χ4v) is 2.87. The molecule has 2 aromatic carbocycles. The zero-order chi connectivity index (χ0) is 15.5. The Hall–Kier alpha value is -2.21. The van der Waals surface area contributed by atoms with Crippen molar-refractivity contribution in [2.45, 2.75) is 24.8 Å². The highest BCUT2D eigenvalue weighted by Crippen LogP contribution is 2.30. The smallest absolute Gasteiger partial charge is 0.262 e. The molecule has 0 radical (unpaired) electrons. The number of ether oxygens (including phenoxy) is 1. The van der Waals surface area contributed by atoms with Crippen LogP contribution < -0.4 is 15.2 Å². The highest BCUT2D eigenvalue weighted by atomic mass is 32.2. The molecule has 0 aliphatic carbocycles. The van der Waals surface area contributed by atoms with Crippen molar-refractivity contribution in [2.75, 3.05) is 10.5 Å². The molecule has 2 aromatic rings. The second kappa shape index (κ2) is 6.05. The van der Waals surface area contributed by atoms with Gasteiger partial charge in [0.25, 0.3) is 10.0 Å². The molecule has 0 heterocycles. The zero-order valence-corrected chi connectivity index (χ0v) is 12.7. The quantitative estimate of drug-likeness (QED) is 0.832. The summed E-state index contributed by atoms with van der Waals surface area (Å²) in [6.45, 7) is 3.72. The summed E-state index contributed by atoms with van der Waals surface area (Å²) in [7, 11) is -3.66. The molecule has 0 atom stereocenters. The van der Waals surface area contributed by atoms with Crippen LogP contribution in [0.25, 0.3) is 0 Å². The Balaban J connectivity index is 2.35. The van der Waals surface area contributed by atoms with E-state index in [1.807, 2.05) is 13.8 Å². The highest BCUT2D eigenvalue weighted by molar-refractivity contribution is 7.92. The van der Waals surface area contributed by atoms with Gasteiger partial charge in [-0.3, -0.25) is 4.72 Å². The van der Waals surface area contributed by atoms with Gasteiger partial charge in [-0.25, -0.2) is 8.42 Å². The molecule has 6 heteroatoms. The fourth-order valence-electron chi connectivity index (χ4n) is 1.78. The average molecular weight is 306 g/mol. The Morgan fingerprint density at radius 3 is 2.38 bits per heavy atom. The van der Waals surface area contributed by atoms with Gasteiger partial charge < -0.3 is 10.5 Å². The van der Waals surface area contributed by atoms with Gasteiger partial charge in [-0.2, -0.15) is 0 Å². The number of hydrogen-bond acceptors (Lipinski definition) is 4. The lowest BCUT2D eigenvalue weighted by atomic mass is 10.2. The number of nitrogen functional groups attached to an aromatic ring is 1. The minimum Gasteiger partial charge on any atom is -0.489 e. The van der Waals surface area contributed by atoms with E-state index in [1.165, 1.54) is 12.1 Å². The van der Waals surface area contributed by atoms with E-state index in [9.17, 15) is 8.42 Å². The first-order valence-corrected chi connectivity index (χ1v) is 8.01. The Morgan fingerprint density at radius 1 is 1.10 bits per heavy atom. The van der Waals surface area contributed by atoms with E-state index in [2.05, 4.69) is 4.72 Å². The highest BCUT2D eigenvalue weighted by Gasteiger charge is 2.16. The van der Waals surface area contributed by atoms with Crippen molar-refractivity contribution >= 4 is 21.4 Å². The summed E-state index contributed by atoms with van der Waals surface area (Å²) in [5.74, 6) is 0.407. The molecule has 0 saturated heterocycles. The molecule has 0 amide bonds. The summed E-state index contributed by atoms with van der Waals surface area (Å²) in [5.41, 5.74) is 6.59. The standard InChI is InChI=1S/C15H18N2O3S/c1-11(2)20-15-10-12(16)8-9-14(15)17-21(18,19)13-6-4-3-5-7-13/h3-11,17H,16H2,1-2H3. The van der Waals surface area contributed by atoms with Gasteiger partial charge in [-0.1, -0.05) is 18.2 Å². The summed E-state index contributed by atoms with van der Waals surface area (Å²) in [6, 6.07) is 13.0. The molecule has 0 spiro atoms. The molecule has 3 N–H and O–H groups in total. The Bertz CT molecular complexity index is 713. The molecule has 0 fully saturated rings. The maximum absolute atomic E-state index is 12.3. The molecule has 0 aromatic heterocycles. The maximum Gasteiger partial charge on any atom is 0.262 e. The van der Waals surface area contributed by atoms with E-state index in [1.54, 1.807) is 36.4 Å². The van der Waals surface area contributed by atoms with Gasteiger partial charge in [0, 0.05) is 11.8 Å². The molecule has 0 saturated carbocycles. The number of anilines is 2.